The molecule has 0 fully saturated rings. The Kier molecular flexibility index (Phi) is 10.5. The van der Waals surface area contributed by atoms with Crippen LogP contribution in [0.2, 0.25) is 0 Å². The first kappa shape index (κ1) is 41.2. The molecule has 14 heteroatoms. The molecule has 0 saturated heterocycles. The molecule has 0 saturated carbocycles. The van der Waals surface area contributed by atoms with Crippen molar-refractivity contribution >= 4 is 22.9 Å². The fourth-order valence-corrected chi connectivity index (χ4v) is 8.32. The van der Waals surface area contributed by atoms with Gasteiger partial charge in [0.05, 0.1) is 16.7 Å². The molecule has 4 nitrogen and oxygen atoms in total. The third-order valence-corrected chi connectivity index (χ3v) is 11.0. The summed E-state index contributed by atoms with van der Waals surface area (Å²) >= 11 is -0.372. The standard InChI is InChI=1S/C46H23F9N4S/c1-24-4-6-25(7-5-24)40-36(43(58-2)59-3)21-35-39(27-10-16-31(17-11-27)45(50,51)52)41-34(38(42(35)40)26-8-14-30(15-9-26)44(47,48)49)20-33(29(22-56)23-57)37(41)28-12-18-32(19-13-28)60-46(53,54)55/h4-19H,20-21H2,1H3. The number of benzene rings is 5. The predicted octanol–water partition coefficient (Wildman–Crippen LogP) is 11.9. The molecular formula is C46H23F9N4S. The van der Waals surface area contributed by atoms with Crippen molar-refractivity contribution < 1.29 is 39.5 Å². The van der Waals surface area contributed by atoms with E-state index in [2.05, 4.69) is 9.69 Å². The Balaban J connectivity index is 1.78. The summed E-state index contributed by atoms with van der Waals surface area (Å²) < 4.78 is 124. The lowest BCUT2D eigenvalue weighted by atomic mass is 9.85. The summed E-state index contributed by atoms with van der Waals surface area (Å²) in [6, 6.07) is 24.4. The van der Waals surface area contributed by atoms with Gasteiger partial charge in [-0.3, -0.25) is 0 Å². The van der Waals surface area contributed by atoms with Crippen molar-refractivity contribution in [3.63, 3.8) is 0 Å². The zero-order valence-electron chi connectivity index (χ0n) is 30.8. The fraction of sp³-hybridized carbons (Fsp3) is 0.130. The number of allylic oxidation sites excluding steroid dienone is 3. The molecule has 0 aliphatic heterocycles. The van der Waals surface area contributed by atoms with E-state index < -0.39 is 29.0 Å². The van der Waals surface area contributed by atoms with Gasteiger partial charge in [-0.1, -0.05) is 66.2 Å². The number of hydrogen-bond acceptors (Lipinski definition) is 3. The van der Waals surface area contributed by atoms with E-state index in [0.717, 1.165) is 29.8 Å². The first-order chi connectivity index (χ1) is 28.4. The number of rotatable bonds is 5. The normalized spacial score (nSPS) is 13.6. The molecule has 7 rings (SSSR count). The molecule has 0 N–H and O–H groups in total. The summed E-state index contributed by atoms with van der Waals surface area (Å²) in [6.45, 7) is 17.8. The highest BCUT2D eigenvalue weighted by molar-refractivity contribution is 8.00. The molecule has 5 aromatic rings. The van der Waals surface area contributed by atoms with Crippen LogP contribution in [0.15, 0.2) is 124 Å². The zero-order chi connectivity index (χ0) is 43.3. The second kappa shape index (κ2) is 15.3. The molecular weight excluding hydrogens is 812 g/mol. The van der Waals surface area contributed by atoms with Crippen molar-refractivity contribution in [3.05, 3.63) is 192 Å². The Hall–Kier alpha value is -7.00. The minimum atomic E-state index is -4.73. The molecule has 0 atom stereocenters. The zero-order valence-corrected chi connectivity index (χ0v) is 31.6. The summed E-state index contributed by atoms with van der Waals surface area (Å²) in [5.74, 6) is -0.322. The highest BCUT2D eigenvalue weighted by Crippen LogP contribution is 2.44. The first-order valence-corrected chi connectivity index (χ1v) is 18.5. The monoisotopic (exact) mass is 834 g/mol. The molecule has 60 heavy (non-hydrogen) atoms. The van der Waals surface area contributed by atoms with Crippen LogP contribution < -0.4 is 10.4 Å². The van der Waals surface area contributed by atoms with Crippen molar-refractivity contribution in [2.75, 3.05) is 0 Å². The van der Waals surface area contributed by atoms with E-state index in [1.807, 2.05) is 19.1 Å². The second-order valence-electron chi connectivity index (χ2n) is 13.8. The molecule has 296 valence electrons. The Labute approximate surface area is 340 Å². The minimum Gasteiger partial charge on any atom is -0.192 e. The lowest BCUT2D eigenvalue weighted by molar-refractivity contribution is -0.138. The third-order valence-electron chi connectivity index (χ3n) is 10.2. The van der Waals surface area contributed by atoms with Crippen LogP contribution in [0.25, 0.3) is 43.1 Å². The summed E-state index contributed by atoms with van der Waals surface area (Å²) in [5.41, 5.74) is -2.58. The quantitative estimate of drug-likeness (QED) is 0.0767. The summed E-state index contributed by atoms with van der Waals surface area (Å²) in [4.78, 5) is 6.85. The lowest BCUT2D eigenvalue weighted by Crippen LogP contribution is -2.25. The second-order valence-corrected chi connectivity index (χ2v) is 14.9. The van der Waals surface area contributed by atoms with E-state index in [1.165, 1.54) is 48.5 Å². The average molecular weight is 835 g/mol. The number of halogens is 9. The number of alkyl halides is 9. The largest absolute Gasteiger partial charge is 0.523 e. The van der Waals surface area contributed by atoms with Crippen LogP contribution in [0.3, 0.4) is 0 Å². The highest BCUT2D eigenvalue weighted by atomic mass is 32.2. The number of nitriles is 2. The molecule has 0 radical (unpaired) electrons. The van der Waals surface area contributed by atoms with Crippen LogP contribution in [0.5, 0.6) is 0 Å². The minimum absolute atomic E-state index is 0.131. The van der Waals surface area contributed by atoms with Gasteiger partial charge in [0, 0.05) is 11.3 Å². The van der Waals surface area contributed by atoms with Gasteiger partial charge < -0.3 is 0 Å². The van der Waals surface area contributed by atoms with Crippen molar-refractivity contribution in [2.45, 2.75) is 42.5 Å². The molecule has 5 aromatic carbocycles. The van der Waals surface area contributed by atoms with Gasteiger partial charge in [-0.15, -0.1) is 0 Å². The molecule has 0 spiro atoms. The highest BCUT2D eigenvalue weighted by Gasteiger charge is 2.38. The molecule has 2 aliphatic rings. The summed E-state index contributed by atoms with van der Waals surface area (Å²) in [6.07, 6.45) is -9.80. The van der Waals surface area contributed by atoms with Gasteiger partial charge in [-0.2, -0.15) is 59.7 Å². The van der Waals surface area contributed by atoms with Crippen molar-refractivity contribution in [1.82, 2.24) is 0 Å². The lowest BCUT2D eigenvalue weighted by Gasteiger charge is -2.18. The maximum absolute atomic E-state index is 13.9. The van der Waals surface area contributed by atoms with E-state index in [0.29, 0.717) is 33.0 Å². The van der Waals surface area contributed by atoms with Gasteiger partial charge in [0.1, 0.15) is 30.9 Å². The number of thioether (sulfide) groups is 1. The topological polar surface area (TPSA) is 56.3 Å². The third kappa shape index (κ3) is 7.54. The van der Waals surface area contributed by atoms with Crippen LogP contribution in [-0.2, 0) is 25.2 Å². The van der Waals surface area contributed by atoms with Gasteiger partial charge in [0.15, 0.2) is 0 Å². The number of nitrogens with zero attached hydrogens (tertiary/aromatic N) is 4. The van der Waals surface area contributed by atoms with Crippen LogP contribution in [0.1, 0.15) is 38.9 Å². The molecule has 2 aliphatic carbocycles. The summed E-state index contributed by atoms with van der Waals surface area (Å²) in [7, 11) is 0. The molecule has 0 bridgehead atoms. The molecule has 0 amide bonds. The van der Waals surface area contributed by atoms with E-state index in [1.54, 1.807) is 24.3 Å². The van der Waals surface area contributed by atoms with Gasteiger partial charge in [0.25, 0.3) is 0 Å². The van der Waals surface area contributed by atoms with Crippen LogP contribution in [0.4, 0.5) is 39.5 Å². The smallest absolute Gasteiger partial charge is 0.192 e. The van der Waals surface area contributed by atoms with Crippen molar-refractivity contribution in [3.8, 4) is 34.4 Å². The summed E-state index contributed by atoms with van der Waals surface area (Å²) in [5, 5.41) is 21.2. The predicted molar refractivity (Wildman–Crippen MR) is 207 cm³/mol. The van der Waals surface area contributed by atoms with Crippen LogP contribution >= 0.6 is 11.8 Å². The van der Waals surface area contributed by atoms with E-state index in [4.69, 9.17) is 13.1 Å². The average Bonchev–Trinajstić information content (AvgIpc) is 3.77. The number of hydrogen-bond donors (Lipinski definition) is 0. The van der Waals surface area contributed by atoms with Gasteiger partial charge in [-0.25, -0.2) is 0 Å². The maximum atomic E-state index is 13.9. The van der Waals surface area contributed by atoms with Crippen molar-refractivity contribution in [2.24, 2.45) is 0 Å². The molecule has 0 unspecified atom stereocenters. The van der Waals surface area contributed by atoms with Crippen molar-refractivity contribution in [1.29, 1.82) is 10.5 Å². The fourth-order valence-electron chi connectivity index (χ4n) is 7.78. The van der Waals surface area contributed by atoms with Crippen LogP contribution in [0, 0.1) is 42.7 Å². The van der Waals surface area contributed by atoms with Gasteiger partial charge in [0.2, 0.25) is 0 Å². The first-order valence-electron chi connectivity index (χ1n) is 17.7. The van der Waals surface area contributed by atoms with E-state index >= 15 is 0 Å². The SMILES string of the molecule is [C-]#[N+]C([N+]#[C-])=C1Cc2c(-c3ccc(C(F)(F)F)cc3)c3c(c(-c4ccc(C(F)(F)F)cc4)c2=C1c1ccc(C)cc1)CC(=C(C#N)C#N)C=3c1ccc(SC(F)(F)F)cc1. The molecule has 0 aromatic heterocycles. The maximum Gasteiger partial charge on any atom is 0.523 e. The Morgan fingerprint density at radius 3 is 1.33 bits per heavy atom. The Bertz CT molecular complexity index is 2930. The van der Waals surface area contributed by atoms with Crippen LogP contribution in [-0.4, -0.2) is 5.51 Å². The number of fused-ring (bicyclic) bond motifs is 2. The Morgan fingerprint density at radius 2 is 0.950 bits per heavy atom. The van der Waals surface area contributed by atoms with Gasteiger partial charge in [-0.05, 0) is 133 Å². The van der Waals surface area contributed by atoms with E-state index in [9.17, 15) is 50.0 Å². The van der Waals surface area contributed by atoms with E-state index in [-0.39, 0.29) is 85.1 Å². The molecule has 0 heterocycles. The Morgan fingerprint density at radius 1 is 0.567 bits per heavy atom. The van der Waals surface area contributed by atoms with Gasteiger partial charge >= 0.3 is 23.7 Å². The number of aryl methyl sites for hydroxylation is 1.